The summed E-state index contributed by atoms with van der Waals surface area (Å²) in [6, 6.07) is 5.95. The van der Waals surface area contributed by atoms with Crippen molar-refractivity contribution in [3.63, 3.8) is 0 Å². The first-order valence-electron chi connectivity index (χ1n) is 6.14. The fourth-order valence-corrected chi connectivity index (χ4v) is 4.23. The first-order chi connectivity index (χ1) is 10.9. The third-order valence-corrected chi connectivity index (χ3v) is 5.97. The summed E-state index contributed by atoms with van der Waals surface area (Å²) >= 11 is 2.15. The predicted molar refractivity (Wildman–Crippen MR) is 86.5 cm³/mol. The lowest BCUT2D eigenvalue weighted by molar-refractivity contribution is -0.137. The van der Waals surface area contributed by atoms with E-state index in [1.54, 1.807) is 12.1 Å². The van der Waals surface area contributed by atoms with Crippen molar-refractivity contribution in [2.45, 2.75) is 9.24 Å². The lowest BCUT2D eigenvalue weighted by Gasteiger charge is -2.05. The highest BCUT2D eigenvalue weighted by atomic mass is 32.2. The van der Waals surface area contributed by atoms with Gasteiger partial charge in [-0.25, -0.2) is 8.42 Å². The molecule has 8 nitrogen and oxygen atoms in total. The maximum Gasteiger partial charge on any atom is 0.316 e. The standard InChI is InChI=1S/C12H13N3O5S3/c1-19-8-3-5-9(6-4-8)23(17,18)15-11-13-14-12(22-11)21-7-10(16)20-2/h3-6H,7H2,1-2H3,(H,13,15). The minimum Gasteiger partial charge on any atom is -0.497 e. The molecule has 0 fully saturated rings. The molecule has 2 aromatic rings. The van der Waals surface area contributed by atoms with Gasteiger partial charge in [-0.3, -0.25) is 9.52 Å². The number of esters is 1. The summed E-state index contributed by atoms with van der Waals surface area (Å²) in [7, 11) is -0.974. The number of carbonyl (C=O) groups excluding carboxylic acids is 1. The van der Waals surface area contributed by atoms with E-state index in [0.717, 1.165) is 23.1 Å². The van der Waals surface area contributed by atoms with Gasteiger partial charge in [0.1, 0.15) is 5.75 Å². The summed E-state index contributed by atoms with van der Waals surface area (Å²) in [5.74, 6) is 0.239. The Bertz CT molecular complexity index is 773. The molecule has 2 rings (SSSR count). The van der Waals surface area contributed by atoms with Crippen LogP contribution in [0.3, 0.4) is 0 Å². The van der Waals surface area contributed by atoms with Crippen LogP contribution in [0, 0.1) is 0 Å². The van der Waals surface area contributed by atoms with Crippen LogP contribution in [0.4, 0.5) is 5.13 Å². The average molecular weight is 375 g/mol. The van der Waals surface area contributed by atoms with Gasteiger partial charge in [-0.05, 0) is 24.3 Å². The molecule has 1 N–H and O–H groups in total. The van der Waals surface area contributed by atoms with Crippen molar-refractivity contribution >= 4 is 44.2 Å². The van der Waals surface area contributed by atoms with Crippen molar-refractivity contribution in [3.05, 3.63) is 24.3 Å². The van der Waals surface area contributed by atoms with Crippen molar-refractivity contribution in [3.8, 4) is 5.75 Å². The molecule has 0 spiro atoms. The number of nitrogens with one attached hydrogen (secondary N) is 1. The Hall–Kier alpha value is -1.85. The molecule has 0 atom stereocenters. The molecule has 11 heteroatoms. The fourth-order valence-electron chi connectivity index (χ4n) is 1.42. The molecule has 0 radical (unpaired) electrons. The fraction of sp³-hybridized carbons (Fsp3) is 0.250. The Kier molecular flexibility index (Phi) is 5.80. The zero-order valence-electron chi connectivity index (χ0n) is 12.2. The van der Waals surface area contributed by atoms with Gasteiger partial charge >= 0.3 is 5.97 Å². The molecule has 0 unspecified atom stereocenters. The third-order valence-electron chi connectivity index (χ3n) is 2.54. The van der Waals surface area contributed by atoms with E-state index in [1.165, 1.54) is 26.4 Å². The van der Waals surface area contributed by atoms with Crippen LogP contribution in [0.25, 0.3) is 0 Å². The van der Waals surface area contributed by atoms with Crippen LogP contribution in [0.2, 0.25) is 0 Å². The Morgan fingerprint density at radius 2 is 1.96 bits per heavy atom. The van der Waals surface area contributed by atoms with E-state index >= 15 is 0 Å². The normalized spacial score (nSPS) is 11.0. The molecular weight excluding hydrogens is 362 g/mol. The molecule has 0 aliphatic rings. The van der Waals surface area contributed by atoms with Crippen molar-refractivity contribution in [2.75, 3.05) is 24.7 Å². The van der Waals surface area contributed by atoms with Crippen LogP contribution in [0.15, 0.2) is 33.5 Å². The number of hydrogen-bond donors (Lipinski definition) is 1. The van der Waals surface area contributed by atoms with Crippen molar-refractivity contribution < 1.29 is 22.7 Å². The maximum absolute atomic E-state index is 12.2. The number of ether oxygens (including phenoxy) is 2. The number of hydrogen-bond acceptors (Lipinski definition) is 9. The molecule has 0 saturated heterocycles. The van der Waals surface area contributed by atoms with Crippen molar-refractivity contribution in [2.24, 2.45) is 0 Å². The zero-order valence-corrected chi connectivity index (χ0v) is 14.6. The molecule has 124 valence electrons. The molecule has 1 heterocycles. The topological polar surface area (TPSA) is 107 Å². The summed E-state index contributed by atoms with van der Waals surface area (Å²) in [4.78, 5) is 11.1. The summed E-state index contributed by atoms with van der Waals surface area (Å²) in [5, 5.41) is 7.67. The van der Waals surface area contributed by atoms with E-state index in [-0.39, 0.29) is 15.8 Å². The first kappa shape index (κ1) is 17.5. The Morgan fingerprint density at radius 3 is 2.57 bits per heavy atom. The number of sulfonamides is 1. The van der Waals surface area contributed by atoms with Crippen LogP contribution >= 0.6 is 23.1 Å². The number of carbonyl (C=O) groups is 1. The van der Waals surface area contributed by atoms with Gasteiger partial charge in [0.2, 0.25) is 5.13 Å². The molecule has 0 bridgehead atoms. The van der Waals surface area contributed by atoms with E-state index < -0.39 is 16.0 Å². The largest absolute Gasteiger partial charge is 0.497 e. The first-order valence-corrected chi connectivity index (χ1v) is 9.43. The average Bonchev–Trinajstić information content (AvgIpc) is 2.99. The Morgan fingerprint density at radius 1 is 1.26 bits per heavy atom. The smallest absolute Gasteiger partial charge is 0.316 e. The van der Waals surface area contributed by atoms with Crippen molar-refractivity contribution in [1.82, 2.24) is 10.2 Å². The number of methoxy groups -OCH3 is 2. The van der Waals surface area contributed by atoms with Gasteiger partial charge in [-0.1, -0.05) is 23.1 Å². The van der Waals surface area contributed by atoms with Gasteiger partial charge in [0.25, 0.3) is 10.0 Å². The van der Waals surface area contributed by atoms with Crippen LogP contribution in [0.1, 0.15) is 0 Å². The van der Waals surface area contributed by atoms with Crippen LogP contribution in [-0.2, 0) is 19.6 Å². The predicted octanol–water partition coefficient (Wildman–Crippen LogP) is 1.61. The second-order valence-corrected chi connectivity index (χ2v) is 7.90. The highest BCUT2D eigenvalue weighted by molar-refractivity contribution is 8.01. The highest BCUT2D eigenvalue weighted by Crippen LogP contribution is 2.27. The molecular formula is C12H13N3O5S3. The van der Waals surface area contributed by atoms with E-state index in [1.807, 2.05) is 0 Å². The van der Waals surface area contributed by atoms with Crippen molar-refractivity contribution in [1.29, 1.82) is 0 Å². The molecule has 1 aromatic carbocycles. The second kappa shape index (κ2) is 7.62. The number of thioether (sulfide) groups is 1. The van der Waals surface area contributed by atoms with Gasteiger partial charge in [0.15, 0.2) is 4.34 Å². The quantitative estimate of drug-likeness (QED) is 0.574. The van der Waals surface area contributed by atoms with Crippen LogP contribution < -0.4 is 9.46 Å². The Labute approximate surface area is 141 Å². The van der Waals surface area contributed by atoms with Crippen LogP contribution in [0.5, 0.6) is 5.75 Å². The number of anilines is 1. The van der Waals surface area contributed by atoms with E-state index in [0.29, 0.717) is 10.1 Å². The third kappa shape index (κ3) is 4.81. The minimum atomic E-state index is -3.76. The van der Waals surface area contributed by atoms with Crippen LogP contribution in [-0.4, -0.2) is 44.6 Å². The van der Waals surface area contributed by atoms with Gasteiger partial charge in [0.05, 0.1) is 24.9 Å². The zero-order chi connectivity index (χ0) is 16.9. The number of aromatic nitrogens is 2. The molecule has 23 heavy (non-hydrogen) atoms. The SMILES string of the molecule is COC(=O)CSc1nnc(NS(=O)(=O)c2ccc(OC)cc2)s1. The lowest BCUT2D eigenvalue weighted by Crippen LogP contribution is -2.12. The minimum absolute atomic E-state index is 0.0797. The number of nitrogens with zero attached hydrogens (tertiary/aromatic N) is 2. The van der Waals surface area contributed by atoms with Gasteiger partial charge < -0.3 is 9.47 Å². The summed E-state index contributed by atoms with van der Waals surface area (Å²) in [5.41, 5.74) is 0. The number of rotatable bonds is 7. The van der Waals surface area contributed by atoms with Gasteiger partial charge in [-0.2, -0.15) is 0 Å². The number of benzene rings is 1. The second-order valence-electron chi connectivity index (χ2n) is 4.02. The summed E-state index contributed by atoms with van der Waals surface area (Å²) in [6.45, 7) is 0. The Balaban J connectivity index is 2.05. The monoisotopic (exact) mass is 375 g/mol. The molecule has 0 aliphatic carbocycles. The lowest BCUT2D eigenvalue weighted by atomic mass is 10.3. The molecule has 0 saturated carbocycles. The molecule has 1 aromatic heterocycles. The van der Waals surface area contributed by atoms with E-state index in [4.69, 9.17) is 4.74 Å². The van der Waals surface area contributed by atoms with Gasteiger partial charge in [0, 0.05) is 0 Å². The van der Waals surface area contributed by atoms with E-state index in [9.17, 15) is 13.2 Å². The molecule has 0 aliphatic heterocycles. The molecule has 0 amide bonds. The summed E-state index contributed by atoms with van der Waals surface area (Å²) in [6.07, 6.45) is 0. The summed E-state index contributed by atoms with van der Waals surface area (Å²) < 4.78 is 36.8. The highest BCUT2D eigenvalue weighted by Gasteiger charge is 2.17. The van der Waals surface area contributed by atoms with E-state index in [2.05, 4.69) is 19.7 Å². The maximum atomic E-state index is 12.2. The van der Waals surface area contributed by atoms with Gasteiger partial charge in [-0.15, -0.1) is 10.2 Å².